The third kappa shape index (κ3) is 2.30. The predicted octanol–water partition coefficient (Wildman–Crippen LogP) is -0.356. The topological polar surface area (TPSA) is 41.1 Å². The van der Waals surface area contributed by atoms with Gasteiger partial charge >= 0.3 is 0 Å². The SMILES string of the molecule is [CH2-]NC(=O)C1CCCN1.[Cr]. The molecule has 0 radical (unpaired) electrons. The van der Waals surface area contributed by atoms with Crippen LogP contribution in [0.4, 0.5) is 0 Å². The van der Waals surface area contributed by atoms with Crippen LogP contribution in [0.15, 0.2) is 0 Å². The van der Waals surface area contributed by atoms with Crippen molar-refractivity contribution in [1.29, 1.82) is 0 Å². The van der Waals surface area contributed by atoms with Crippen LogP contribution >= 0.6 is 0 Å². The quantitative estimate of drug-likeness (QED) is 0.540. The van der Waals surface area contributed by atoms with E-state index in [0.717, 1.165) is 19.4 Å². The van der Waals surface area contributed by atoms with Gasteiger partial charge in [0.25, 0.3) is 0 Å². The summed E-state index contributed by atoms with van der Waals surface area (Å²) in [6.45, 7) is 0.956. The molecular formula is C6H11CrN2O-. The Morgan fingerprint density at radius 1 is 1.70 bits per heavy atom. The minimum absolute atomic E-state index is 0. The zero-order valence-electron chi connectivity index (χ0n) is 5.72. The van der Waals surface area contributed by atoms with Crippen molar-refractivity contribution in [3.63, 3.8) is 0 Å². The second-order valence-corrected chi connectivity index (χ2v) is 2.19. The molecule has 1 unspecified atom stereocenters. The van der Waals surface area contributed by atoms with Crippen molar-refractivity contribution >= 4 is 5.91 Å². The van der Waals surface area contributed by atoms with Gasteiger partial charge in [0.1, 0.15) is 0 Å². The molecule has 0 aromatic heterocycles. The maximum absolute atomic E-state index is 10.8. The first-order valence-corrected chi connectivity index (χ1v) is 3.15. The molecule has 2 N–H and O–H groups in total. The predicted molar refractivity (Wildman–Crippen MR) is 34.5 cm³/mol. The number of rotatable bonds is 1. The summed E-state index contributed by atoms with van der Waals surface area (Å²) >= 11 is 0. The average Bonchev–Trinajstić information content (AvgIpc) is 2.37. The van der Waals surface area contributed by atoms with Gasteiger partial charge in [-0.3, -0.25) is 11.8 Å². The molecule has 0 bridgehead atoms. The molecule has 0 spiro atoms. The van der Waals surface area contributed by atoms with Gasteiger partial charge in [-0.25, -0.2) is 0 Å². The summed E-state index contributed by atoms with van der Waals surface area (Å²) < 4.78 is 0. The Bertz CT molecular complexity index is 112. The average molecular weight is 179 g/mol. The molecule has 0 aromatic carbocycles. The molecule has 1 heterocycles. The Morgan fingerprint density at radius 2 is 2.40 bits per heavy atom. The summed E-state index contributed by atoms with van der Waals surface area (Å²) in [6.07, 6.45) is 2.04. The van der Waals surface area contributed by atoms with E-state index in [-0.39, 0.29) is 29.3 Å². The summed E-state index contributed by atoms with van der Waals surface area (Å²) in [4.78, 5) is 10.8. The normalized spacial score (nSPS) is 23.5. The van der Waals surface area contributed by atoms with Crippen LogP contribution < -0.4 is 10.6 Å². The monoisotopic (exact) mass is 179 g/mol. The van der Waals surface area contributed by atoms with Gasteiger partial charge in [-0.05, 0) is 19.4 Å². The Labute approximate surface area is 71.7 Å². The van der Waals surface area contributed by atoms with Gasteiger partial charge in [0.05, 0.1) is 6.04 Å². The fourth-order valence-electron chi connectivity index (χ4n) is 1.03. The number of amides is 1. The van der Waals surface area contributed by atoms with Gasteiger partial charge in [-0.2, -0.15) is 0 Å². The van der Waals surface area contributed by atoms with Gasteiger partial charge in [-0.1, -0.05) is 0 Å². The standard InChI is InChI=1S/C6H11N2O.Cr/c1-7-6(9)5-3-2-4-8-5;/h5,8H,1-4H2,(H,7,9);/q-1;. The van der Waals surface area contributed by atoms with Crippen LogP contribution in [-0.4, -0.2) is 18.5 Å². The number of carbonyl (C=O) groups is 1. The number of carbonyl (C=O) groups excluding carboxylic acids is 1. The molecule has 1 fully saturated rings. The van der Waals surface area contributed by atoms with Crippen molar-refractivity contribution in [3.8, 4) is 0 Å². The van der Waals surface area contributed by atoms with Crippen LogP contribution in [0, 0.1) is 7.05 Å². The molecule has 58 valence electrons. The molecule has 3 nitrogen and oxygen atoms in total. The molecule has 0 saturated carbocycles. The summed E-state index contributed by atoms with van der Waals surface area (Å²) in [5.41, 5.74) is 0. The fourth-order valence-corrected chi connectivity index (χ4v) is 1.03. The minimum atomic E-state index is 0. The van der Waals surface area contributed by atoms with Gasteiger partial charge in [0.2, 0.25) is 5.91 Å². The van der Waals surface area contributed by atoms with Crippen molar-refractivity contribution in [2.24, 2.45) is 0 Å². The Morgan fingerprint density at radius 3 is 2.80 bits per heavy atom. The number of hydrogen-bond donors (Lipinski definition) is 2. The fraction of sp³-hybridized carbons (Fsp3) is 0.667. The largest absolute Gasteiger partial charge is 0.507 e. The van der Waals surface area contributed by atoms with Crippen LogP contribution in [0.25, 0.3) is 0 Å². The van der Waals surface area contributed by atoms with E-state index in [4.69, 9.17) is 0 Å². The third-order valence-electron chi connectivity index (χ3n) is 1.55. The van der Waals surface area contributed by atoms with E-state index < -0.39 is 0 Å². The molecule has 1 atom stereocenters. The summed E-state index contributed by atoms with van der Waals surface area (Å²) in [5, 5.41) is 5.41. The van der Waals surface area contributed by atoms with E-state index in [9.17, 15) is 4.79 Å². The first kappa shape index (κ1) is 9.96. The summed E-state index contributed by atoms with van der Waals surface area (Å²) in [6, 6.07) is 0.0162. The molecule has 4 heteroatoms. The molecule has 0 aromatic rings. The molecule has 1 aliphatic heterocycles. The summed E-state index contributed by atoms with van der Waals surface area (Å²) in [7, 11) is 3.29. The molecule has 1 rings (SSSR count). The van der Waals surface area contributed by atoms with Crippen LogP contribution in [0.5, 0.6) is 0 Å². The molecule has 1 amide bonds. The van der Waals surface area contributed by atoms with Gasteiger partial charge in [0.15, 0.2) is 0 Å². The maximum Gasteiger partial charge on any atom is 0.208 e. The second-order valence-electron chi connectivity index (χ2n) is 2.19. The van der Waals surface area contributed by atoms with E-state index in [1.807, 2.05) is 0 Å². The molecular weight excluding hydrogens is 168 g/mol. The van der Waals surface area contributed by atoms with Gasteiger partial charge < -0.3 is 10.6 Å². The van der Waals surface area contributed by atoms with E-state index >= 15 is 0 Å². The van der Waals surface area contributed by atoms with Crippen molar-refractivity contribution in [2.75, 3.05) is 6.54 Å². The second kappa shape index (κ2) is 4.73. The van der Waals surface area contributed by atoms with E-state index in [2.05, 4.69) is 17.7 Å². The number of nitrogens with one attached hydrogen (secondary N) is 2. The molecule has 1 saturated heterocycles. The Balaban J connectivity index is 0.000000810. The van der Waals surface area contributed by atoms with Gasteiger partial charge in [0, 0.05) is 17.4 Å². The minimum Gasteiger partial charge on any atom is -0.507 e. The third-order valence-corrected chi connectivity index (χ3v) is 1.55. The van der Waals surface area contributed by atoms with Crippen LogP contribution in [0.2, 0.25) is 0 Å². The smallest absolute Gasteiger partial charge is 0.208 e. The van der Waals surface area contributed by atoms with Gasteiger partial charge in [-0.15, -0.1) is 0 Å². The van der Waals surface area contributed by atoms with E-state index in [0.29, 0.717) is 0 Å². The molecule has 10 heavy (non-hydrogen) atoms. The first-order chi connectivity index (χ1) is 4.34. The van der Waals surface area contributed by atoms with E-state index in [1.165, 1.54) is 0 Å². The van der Waals surface area contributed by atoms with Crippen LogP contribution in [-0.2, 0) is 22.2 Å². The first-order valence-electron chi connectivity index (χ1n) is 3.15. The summed E-state index contributed by atoms with van der Waals surface area (Å²) in [5.74, 6) is 0.00694. The zero-order chi connectivity index (χ0) is 6.69. The van der Waals surface area contributed by atoms with Crippen molar-refractivity contribution in [2.45, 2.75) is 18.9 Å². The Kier molecular flexibility index (Phi) is 4.71. The van der Waals surface area contributed by atoms with Crippen LogP contribution in [0.1, 0.15) is 12.8 Å². The maximum atomic E-state index is 10.8. The van der Waals surface area contributed by atoms with Crippen LogP contribution in [0.3, 0.4) is 0 Å². The van der Waals surface area contributed by atoms with E-state index in [1.54, 1.807) is 0 Å². The molecule has 1 aliphatic rings. The van der Waals surface area contributed by atoms with Crippen molar-refractivity contribution < 1.29 is 22.2 Å². The van der Waals surface area contributed by atoms with Crippen molar-refractivity contribution in [3.05, 3.63) is 7.05 Å². The Hall–Kier alpha value is -0.0375. The van der Waals surface area contributed by atoms with Crippen molar-refractivity contribution in [1.82, 2.24) is 10.6 Å². The molecule has 0 aliphatic carbocycles. The number of hydrogen-bond acceptors (Lipinski definition) is 2. The zero-order valence-corrected chi connectivity index (χ0v) is 7.00.